The minimum absolute atomic E-state index is 0. The maximum absolute atomic E-state index is 10.1. The van der Waals surface area contributed by atoms with E-state index in [1.807, 2.05) is 0 Å². The van der Waals surface area contributed by atoms with Crippen molar-refractivity contribution in [1.29, 1.82) is 0 Å². The smallest absolute Gasteiger partial charge is 0.290 e. The van der Waals surface area contributed by atoms with E-state index >= 15 is 0 Å². The Labute approximate surface area is 86.6 Å². The molecule has 13 heavy (non-hydrogen) atoms. The van der Waals surface area contributed by atoms with Crippen LogP contribution in [0.3, 0.4) is 0 Å². The number of ketones is 2. The van der Waals surface area contributed by atoms with Gasteiger partial charge in [0, 0.05) is 0 Å². The standard InChI is InChI=1S/2C5H4O.Ni/c2*6-5-3-1-2-4-5;/h2*1-4H;/q;;+3. The van der Waals surface area contributed by atoms with Crippen LogP contribution in [0.15, 0.2) is 48.6 Å². The first kappa shape index (κ1) is 11.8. The summed E-state index contributed by atoms with van der Waals surface area (Å²) in [7, 11) is 0. The van der Waals surface area contributed by atoms with Crippen molar-refractivity contribution in [2.24, 2.45) is 0 Å². The molecular formula is C10H8NiO2+3. The third-order valence-corrected chi connectivity index (χ3v) is 1.26. The summed E-state index contributed by atoms with van der Waals surface area (Å²) < 4.78 is 0. The van der Waals surface area contributed by atoms with Gasteiger partial charge < -0.3 is 0 Å². The van der Waals surface area contributed by atoms with Gasteiger partial charge in [-0.1, -0.05) is 24.3 Å². The summed E-state index contributed by atoms with van der Waals surface area (Å²) in [6.07, 6.45) is 13.0. The van der Waals surface area contributed by atoms with Gasteiger partial charge in [-0.05, 0) is 24.3 Å². The van der Waals surface area contributed by atoms with Gasteiger partial charge >= 0.3 is 16.5 Å². The molecule has 0 saturated carbocycles. The Morgan fingerprint density at radius 2 is 0.846 bits per heavy atom. The molecule has 67 valence electrons. The van der Waals surface area contributed by atoms with Crippen molar-refractivity contribution in [2.45, 2.75) is 0 Å². The molecule has 0 aliphatic heterocycles. The molecule has 0 atom stereocenters. The molecule has 0 heterocycles. The van der Waals surface area contributed by atoms with Crippen LogP contribution in [0.25, 0.3) is 0 Å². The quantitative estimate of drug-likeness (QED) is 0.576. The summed E-state index contributed by atoms with van der Waals surface area (Å²) >= 11 is 0. The van der Waals surface area contributed by atoms with Crippen LogP contribution in [0, 0.1) is 0 Å². The summed E-state index contributed by atoms with van der Waals surface area (Å²) in [4.78, 5) is 20.1. The molecular weight excluding hydrogens is 211 g/mol. The van der Waals surface area contributed by atoms with Crippen molar-refractivity contribution >= 4 is 11.6 Å². The Kier molecular flexibility index (Phi) is 5.74. The van der Waals surface area contributed by atoms with Crippen molar-refractivity contribution in [1.82, 2.24) is 0 Å². The zero-order valence-electron chi connectivity index (χ0n) is 6.75. The largest absolute Gasteiger partial charge is 3.00 e. The molecule has 2 rings (SSSR count). The fraction of sp³-hybridized carbons (Fsp3) is 0. The van der Waals surface area contributed by atoms with Gasteiger partial charge in [0.25, 0.3) is 0 Å². The first-order valence-electron chi connectivity index (χ1n) is 3.56. The van der Waals surface area contributed by atoms with Crippen LogP contribution < -0.4 is 0 Å². The van der Waals surface area contributed by atoms with Crippen molar-refractivity contribution in [3.8, 4) is 0 Å². The van der Waals surface area contributed by atoms with Crippen LogP contribution in [0.1, 0.15) is 0 Å². The zero-order chi connectivity index (χ0) is 8.81. The fourth-order valence-corrected chi connectivity index (χ4v) is 0.713. The van der Waals surface area contributed by atoms with Crippen molar-refractivity contribution in [3.05, 3.63) is 48.6 Å². The Hall–Kier alpha value is -1.21. The van der Waals surface area contributed by atoms with Gasteiger partial charge in [-0.2, -0.15) is 0 Å². The number of carbonyl (C=O) groups is 2. The van der Waals surface area contributed by atoms with E-state index in [-0.39, 0.29) is 28.1 Å². The van der Waals surface area contributed by atoms with Crippen molar-refractivity contribution in [3.63, 3.8) is 0 Å². The number of rotatable bonds is 0. The van der Waals surface area contributed by atoms with Gasteiger partial charge in [0.1, 0.15) is 0 Å². The molecule has 2 aliphatic rings. The summed E-state index contributed by atoms with van der Waals surface area (Å²) in [5, 5.41) is 0. The molecule has 1 radical (unpaired) electrons. The summed E-state index contributed by atoms with van der Waals surface area (Å²) in [6.45, 7) is 0. The van der Waals surface area contributed by atoms with E-state index in [4.69, 9.17) is 0 Å². The second-order valence-electron chi connectivity index (χ2n) is 2.24. The SMILES string of the molecule is O=C1C=CC=C1.O=C1C=CC=C1.[Ni+3]. The molecule has 3 heteroatoms. The van der Waals surface area contributed by atoms with Crippen LogP contribution in [-0.2, 0) is 26.1 Å². The average Bonchev–Trinajstić information content (AvgIpc) is 2.63. The van der Waals surface area contributed by atoms with Gasteiger partial charge in [0.2, 0.25) is 0 Å². The predicted octanol–water partition coefficient (Wildman–Crippen LogP) is 1.36. The van der Waals surface area contributed by atoms with E-state index in [1.165, 1.54) is 24.3 Å². The zero-order valence-corrected chi connectivity index (χ0v) is 7.74. The molecule has 2 nitrogen and oxygen atoms in total. The second-order valence-corrected chi connectivity index (χ2v) is 2.24. The van der Waals surface area contributed by atoms with Gasteiger partial charge in [0.05, 0.1) is 0 Å². The molecule has 0 saturated heterocycles. The van der Waals surface area contributed by atoms with Crippen LogP contribution >= 0.6 is 0 Å². The number of hydrogen-bond acceptors (Lipinski definition) is 2. The third kappa shape index (κ3) is 5.10. The minimum Gasteiger partial charge on any atom is -0.290 e. The molecule has 2 aliphatic carbocycles. The van der Waals surface area contributed by atoms with Crippen molar-refractivity contribution in [2.75, 3.05) is 0 Å². The second kappa shape index (κ2) is 6.32. The Bertz CT molecular complexity index is 249. The molecule has 0 bridgehead atoms. The molecule has 0 unspecified atom stereocenters. The molecule has 0 aromatic carbocycles. The van der Waals surface area contributed by atoms with E-state index in [1.54, 1.807) is 24.3 Å². The van der Waals surface area contributed by atoms with E-state index in [2.05, 4.69) is 0 Å². The Balaban J connectivity index is 0.000000206. The van der Waals surface area contributed by atoms with Crippen LogP contribution in [0.4, 0.5) is 0 Å². The summed E-state index contributed by atoms with van der Waals surface area (Å²) in [6, 6.07) is 0. The minimum atomic E-state index is 0. The predicted molar refractivity (Wildman–Crippen MR) is 46.6 cm³/mol. The van der Waals surface area contributed by atoms with Crippen LogP contribution in [0.5, 0.6) is 0 Å². The number of hydrogen-bond donors (Lipinski definition) is 0. The summed E-state index contributed by atoms with van der Waals surface area (Å²) in [5.41, 5.74) is 0. The number of carbonyl (C=O) groups excluding carboxylic acids is 2. The molecule has 0 spiro atoms. The maximum Gasteiger partial charge on any atom is 3.00 e. The first-order chi connectivity index (χ1) is 5.79. The van der Waals surface area contributed by atoms with Gasteiger partial charge in [-0.3, -0.25) is 9.59 Å². The first-order valence-corrected chi connectivity index (χ1v) is 3.56. The Morgan fingerprint density at radius 3 is 0.923 bits per heavy atom. The van der Waals surface area contributed by atoms with E-state index in [0.717, 1.165) is 0 Å². The molecule has 0 fully saturated rings. The fourth-order valence-electron chi connectivity index (χ4n) is 0.713. The van der Waals surface area contributed by atoms with E-state index < -0.39 is 0 Å². The van der Waals surface area contributed by atoms with Gasteiger partial charge in [-0.15, -0.1) is 0 Å². The Morgan fingerprint density at radius 1 is 0.615 bits per heavy atom. The van der Waals surface area contributed by atoms with Gasteiger partial charge in [0.15, 0.2) is 11.6 Å². The normalized spacial score (nSPS) is 15.7. The maximum atomic E-state index is 10.1. The molecule has 0 amide bonds. The number of allylic oxidation sites excluding steroid dienone is 8. The average molecular weight is 219 g/mol. The molecule has 0 aromatic rings. The third-order valence-electron chi connectivity index (χ3n) is 1.26. The van der Waals surface area contributed by atoms with Gasteiger partial charge in [-0.25, -0.2) is 0 Å². The van der Waals surface area contributed by atoms with Crippen LogP contribution in [-0.4, -0.2) is 11.6 Å². The van der Waals surface area contributed by atoms with Crippen molar-refractivity contribution < 1.29 is 26.1 Å². The topological polar surface area (TPSA) is 34.1 Å². The van der Waals surface area contributed by atoms with E-state index in [0.29, 0.717) is 0 Å². The molecule has 0 N–H and O–H groups in total. The van der Waals surface area contributed by atoms with E-state index in [9.17, 15) is 9.59 Å². The summed E-state index contributed by atoms with van der Waals surface area (Å²) in [5.74, 6) is 0.185. The molecule has 0 aromatic heterocycles. The monoisotopic (exact) mass is 218 g/mol. The van der Waals surface area contributed by atoms with Crippen LogP contribution in [0.2, 0.25) is 0 Å².